The van der Waals surface area contributed by atoms with E-state index >= 15 is 0 Å². The van der Waals surface area contributed by atoms with Gasteiger partial charge in [-0.05, 0) is 25.0 Å². The number of amides is 1. The van der Waals surface area contributed by atoms with Crippen molar-refractivity contribution < 1.29 is 13.6 Å². The average molecular weight is 211 g/mol. The molecule has 1 fully saturated rings. The van der Waals surface area contributed by atoms with Crippen LogP contribution in [0, 0.1) is 11.6 Å². The molecule has 0 unspecified atom stereocenters. The lowest BCUT2D eigenvalue weighted by atomic mass is 10.2. The summed E-state index contributed by atoms with van der Waals surface area (Å²) in [6.07, 6.45) is 1.91. The molecule has 0 bridgehead atoms. The summed E-state index contributed by atoms with van der Waals surface area (Å²) in [5, 5.41) is 0. The van der Waals surface area contributed by atoms with Gasteiger partial charge in [-0.3, -0.25) is 4.79 Å². The number of benzene rings is 1. The van der Waals surface area contributed by atoms with Gasteiger partial charge in [0.05, 0.1) is 5.56 Å². The van der Waals surface area contributed by atoms with Crippen molar-refractivity contribution in [3.05, 3.63) is 35.4 Å². The highest BCUT2D eigenvalue weighted by atomic mass is 19.1. The van der Waals surface area contributed by atoms with Gasteiger partial charge in [-0.15, -0.1) is 0 Å². The van der Waals surface area contributed by atoms with Gasteiger partial charge in [0.15, 0.2) is 0 Å². The molecule has 2 rings (SSSR count). The minimum absolute atomic E-state index is 0.0432. The van der Waals surface area contributed by atoms with Gasteiger partial charge in [0.1, 0.15) is 11.6 Å². The summed E-state index contributed by atoms with van der Waals surface area (Å²) in [6, 6.07) is 3.04. The van der Waals surface area contributed by atoms with E-state index in [-0.39, 0.29) is 11.5 Å². The normalized spacial score (nSPS) is 15.7. The molecule has 2 nitrogen and oxygen atoms in total. The number of nitrogens with zero attached hydrogens (tertiary/aromatic N) is 1. The third-order valence-electron chi connectivity index (χ3n) is 2.55. The van der Waals surface area contributed by atoms with E-state index in [9.17, 15) is 13.6 Å². The van der Waals surface area contributed by atoms with Crippen molar-refractivity contribution in [3.8, 4) is 0 Å². The van der Waals surface area contributed by atoms with Crippen LogP contribution in [0.4, 0.5) is 8.78 Å². The Morgan fingerprint density at radius 1 is 1.20 bits per heavy atom. The minimum Gasteiger partial charge on any atom is -0.339 e. The quantitative estimate of drug-likeness (QED) is 0.697. The topological polar surface area (TPSA) is 20.3 Å². The SMILES string of the molecule is O=C(c1ccc(F)cc1F)N1CCCC1. The van der Waals surface area contributed by atoms with Crippen LogP contribution in [0.5, 0.6) is 0 Å². The van der Waals surface area contributed by atoms with E-state index in [1.54, 1.807) is 4.90 Å². The Labute approximate surface area is 86.5 Å². The largest absolute Gasteiger partial charge is 0.339 e. The molecular formula is C11H11F2NO. The molecule has 0 saturated carbocycles. The van der Waals surface area contributed by atoms with Crippen LogP contribution in [0.3, 0.4) is 0 Å². The third-order valence-corrected chi connectivity index (χ3v) is 2.55. The Bertz CT molecular complexity index is 386. The van der Waals surface area contributed by atoms with Gasteiger partial charge < -0.3 is 4.90 Å². The van der Waals surface area contributed by atoms with Gasteiger partial charge in [0, 0.05) is 19.2 Å². The Morgan fingerprint density at radius 2 is 1.87 bits per heavy atom. The molecule has 1 aliphatic rings. The number of halogens is 2. The molecule has 1 amide bonds. The van der Waals surface area contributed by atoms with E-state index in [1.165, 1.54) is 6.07 Å². The van der Waals surface area contributed by atoms with Crippen LogP contribution >= 0.6 is 0 Å². The smallest absolute Gasteiger partial charge is 0.256 e. The first-order valence-electron chi connectivity index (χ1n) is 4.93. The van der Waals surface area contributed by atoms with Gasteiger partial charge in [-0.1, -0.05) is 0 Å². The fourth-order valence-electron chi connectivity index (χ4n) is 1.75. The second-order valence-electron chi connectivity index (χ2n) is 3.62. The number of carbonyl (C=O) groups excluding carboxylic acids is 1. The molecule has 1 saturated heterocycles. The van der Waals surface area contributed by atoms with Gasteiger partial charge >= 0.3 is 0 Å². The first kappa shape index (κ1) is 10.1. The van der Waals surface area contributed by atoms with Gasteiger partial charge in [-0.25, -0.2) is 8.78 Å². The maximum Gasteiger partial charge on any atom is 0.256 e. The molecule has 1 aromatic rings. The van der Waals surface area contributed by atoms with Crippen molar-refractivity contribution in [1.82, 2.24) is 4.90 Å². The van der Waals surface area contributed by atoms with Crippen LogP contribution in [-0.4, -0.2) is 23.9 Å². The van der Waals surface area contributed by atoms with Crippen LogP contribution in [-0.2, 0) is 0 Å². The highest BCUT2D eigenvalue weighted by molar-refractivity contribution is 5.94. The van der Waals surface area contributed by atoms with Crippen molar-refractivity contribution in [2.75, 3.05) is 13.1 Å². The predicted molar refractivity (Wildman–Crippen MR) is 51.5 cm³/mol. The van der Waals surface area contributed by atoms with E-state index in [0.29, 0.717) is 13.1 Å². The summed E-state index contributed by atoms with van der Waals surface area (Å²) in [5.74, 6) is -1.79. The van der Waals surface area contributed by atoms with Crippen LogP contribution in [0.15, 0.2) is 18.2 Å². The number of rotatable bonds is 1. The molecular weight excluding hydrogens is 200 g/mol. The Balaban J connectivity index is 2.24. The zero-order valence-electron chi connectivity index (χ0n) is 8.17. The second-order valence-corrected chi connectivity index (χ2v) is 3.62. The summed E-state index contributed by atoms with van der Waals surface area (Å²) in [4.78, 5) is 13.3. The van der Waals surface area contributed by atoms with Crippen molar-refractivity contribution >= 4 is 5.91 Å². The molecule has 1 heterocycles. The van der Waals surface area contributed by atoms with Gasteiger partial charge in [0.25, 0.3) is 5.91 Å². The van der Waals surface area contributed by atoms with Crippen molar-refractivity contribution in [1.29, 1.82) is 0 Å². The molecule has 1 aliphatic heterocycles. The van der Waals surface area contributed by atoms with E-state index < -0.39 is 11.6 Å². The van der Waals surface area contributed by atoms with E-state index in [4.69, 9.17) is 0 Å². The first-order valence-corrected chi connectivity index (χ1v) is 4.93. The Morgan fingerprint density at radius 3 is 2.47 bits per heavy atom. The molecule has 80 valence electrons. The lowest BCUT2D eigenvalue weighted by molar-refractivity contribution is 0.0788. The lowest BCUT2D eigenvalue weighted by Gasteiger charge is -2.15. The Hall–Kier alpha value is -1.45. The lowest BCUT2D eigenvalue weighted by Crippen LogP contribution is -2.28. The number of hydrogen-bond donors (Lipinski definition) is 0. The van der Waals surface area contributed by atoms with Crippen LogP contribution < -0.4 is 0 Å². The van der Waals surface area contributed by atoms with Gasteiger partial charge in [0.2, 0.25) is 0 Å². The molecule has 4 heteroatoms. The number of carbonyl (C=O) groups is 1. The zero-order chi connectivity index (χ0) is 10.8. The standard InChI is InChI=1S/C11H11F2NO/c12-8-3-4-9(10(13)7-8)11(15)14-5-1-2-6-14/h3-4,7H,1-2,5-6H2. The highest BCUT2D eigenvalue weighted by Gasteiger charge is 2.22. The van der Waals surface area contributed by atoms with E-state index in [1.807, 2.05) is 0 Å². The monoisotopic (exact) mass is 211 g/mol. The summed E-state index contributed by atoms with van der Waals surface area (Å²) < 4.78 is 25.9. The van der Waals surface area contributed by atoms with Crippen LogP contribution in [0.25, 0.3) is 0 Å². The molecule has 0 radical (unpaired) electrons. The zero-order valence-corrected chi connectivity index (χ0v) is 8.17. The van der Waals surface area contributed by atoms with Crippen LogP contribution in [0.2, 0.25) is 0 Å². The van der Waals surface area contributed by atoms with E-state index in [0.717, 1.165) is 25.0 Å². The number of hydrogen-bond acceptors (Lipinski definition) is 1. The van der Waals surface area contributed by atoms with Gasteiger partial charge in [-0.2, -0.15) is 0 Å². The molecule has 0 atom stereocenters. The summed E-state index contributed by atoms with van der Waals surface area (Å²) in [6.45, 7) is 1.32. The molecule has 15 heavy (non-hydrogen) atoms. The molecule has 0 aromatic heterocycles. The summed E-state index contributed by atoms with van der Waals surface area (Å²) in [5.41, 5.74) is -0.0432. The van der Waals surface area contributed by atoms with Crippen molar-refractivity contribution in [3.63, 3.8) is 0 Å². The Kier molecular flexibility index (Phi) is 2.66. The molecule has 0 spiro atoms. The van der Waals surface area contributed by atoms with E-state index in [2.05, 4.69) is 0 Å². The van der Waals surface area contributed by atoms with Crippen LogP contribution in [0.1, 0.15) is 23.2 Å². The molecule has 0 N–H and O–H groups in total. The number of likely N-dealkylation sites (tertiary alicyclic amines) is 1. The molecule has 0 aliphatic carbocycles. The third kappa shape index (κ3) is 1.98. The first-order chi connectivity index (χ1) is 7.18. The summed E-state index contributed by atoms with van der Waals surface area (Å²) in [7, 11) is 0. The summed E-state index contributed by atoms with van der Waals surface area (Å²) >= 11 is 0. The average Bonchev–Trinajstić information content (AvgIpc) is 2.69. The fourth-order valence-corrected chi connectivity index (χ4v) is 1.75. The maximum atomic E-state index is 13.3. The minimum atomic E-state index is -0.785. The fraction of sp³-hybridized carbons (Fsp3) is 0.364. The van der Waals surface area contributed by atoms with Crippen molar-refractivity contribution in [2.24, 2.45) is 0 Å². The predicted octanol–water partition coefficient (Wildman–Crippen LogP) is 2.20. The van der Waals surface area contributed by atoms with Crippen molar-refractivity contribution in [2.45, 2.75) is 12.8 Å². The highest BCUT2D eigenvalue weighted by Crippen LogP contribution is 2.16. The second kappa shape index (κ2) is 3.96. The maximum absolute atomic E-state index is 13.3. The molecule has 1 aromatic carbocycles.